The maximum absolute atomic E-state index is 9.19. The summed E-state index contributed by atoms with van der Waals surface area (Å²) in [6, 6.07) is 9.93. The van der Waals surface area contributed by atoms with Crippen LogP contribution in [0.2, 0.25) is 0 Å². The second-order valence-electron chi connectivity index (χ2n) is 4.32. The van der Waals surface area contributed by atoms with E-state index in [1.807, 2.05) is 49.2 Å². The summed E-state index contributed by atoms with van der Waals surface area (Å²) >= 11 is 0. The van der Waals surface area contributed by atoms with Gasteiger partial charge in [-0.3, -0.25) is 0 Å². The topological polar surface area (TPSA) is 43.7 Å². The summed E-state index contributed by atoms with van der Waals surface area (Å²) in [5.41, 5.74) is 0.635. The van der Waals surface area contributed by atoms with Gasteiger partial charge < -0.3 is 15.1 Å². The van der Waals surface area contributed by atoms with E-state index in [0.29, 0.717) is 6.54 Å². The summed E-state index contributed by atoms with van der Waals surface area (Å²) in [5.74, 6) is 0. The molecule has 0 atom stereocenters. The van der Waals surface area contributed by atoms with Gasteiger partial charge in [-0.25, -0.2) is 0 Å². The molecule has 1 aromatic carbocycles. The molecule has 84 valence electrons. The zero-order valence-corrected chi connectivity index (χ0v) is 9.35. The lowest BCUT2D eigenvalue weighted by atomic mass is 9.92. The third-order valence-corrected chi connectivity index (χ3v) is 2.58. The van der Waals surface area contributed by atoms with Gasteiger partial charge in [-0.1, -0.05) is 25.1 Å². The van der Waals surface area contributed by atoms with E-state index in [1.54, 1.807) is 0 Å². The van der Waals surface area contributed by atoms with Crippen molar-refractivity contribution < 1.29 is 10.2 Å². The number of hydrogen-bond donors (Lipinski definition) is 2. The van der Waals surface area contributed by atoms with Crippen LogP contribution in [0.5, 0.6) is 0 Å². The molecule has 1 aromatic rings. The van der Waals surface area contributed by atoms with Crippen molar-refractivity contribution in [2.24, 2.45) is 5.41 Å². The number of aliphatic hydroxyl groups excluding tert-OH is 2. The fourth-order valence-electron chi connectivity index (χ4n) is 1.50. The van der Waals surface area contributed by atoms with E-state index in [-0.39, 0.29) is 13.2 Å². The van der Waals surface area contributed by atoms with E-state index in [0.717, 1.165) is 5.69 Å². The van der Waals surface area contributed by atoms with Crippen LogP contribution in [0.25, 0.3) is 0 Å². The standard InChI is InChI=1S/C12H19NO2/c1-12(9-14,10-15)8-13(2)11-6-4-3-5-7-11/h3-7,14-15H,8-10H2,1-2H3. The van der Waals surface area contributed by atoms with Crippen LogP contribution < -0.4 is 4.90 Å². The molecule has 0 heterocycles. The molecule has 0 aliphatic heterocycles. The van der Waals surface area contributed by atoms with Gasteiger partial charge in [0.25, 0.3) is 0 Å². The fourth-order valence-corrected chi connectivity index (χ4v) is 1.50. The number of nitrogens with zero attached hydrogens (tertiary/aromatic N) is 1. The molecule has 0 aromatic heterocycles. The van der Waals surface area contributed by atoms with Gasteiger partial charge in [0.1, 0.15) is 0 Å². The van der Waals surface area contributed by atoms with Crippen molar-refractivity contribution >= 4 is 5.69 Å². The van der Waals surface area contributed by atoms with Gasteiger partial charge in [0.05, 0.1) is 13.2 Å². The highest BCUT2D eigenvalue weighted by molar-refractivity contribution is 5.45. The molecule has 15 heavy (non-hydrogen) atoms. The molecule has 0 amide bonds. The molecule has 1 rings (SSSR count). The first-order chi connectivity index (χ1) is 7.11. The molecule has 0 aliphatic rings. The Labute approximate surface area is 91.0 Å². The predicted molar refractivity (Wildman–Crippen MR) is 62.0 cm³/mol. The third kappa shape index (κ3) is 3.22. The van der Waals surface area contributed by atoms with Crippen molar-refractivity contribution in [2.75, 3.05) is 31.7 Å². The van der Waals surface area contributed by atoms with Crippen LogP contribution in [0, 0.1) is 5.41 Å². The minimum atomic E-state index is -0.454. The van der Waals surface area contributed by atoms with Crippen molar-refractivity contribution in [3.8, 4) is 0 Å². The van der Waals surface area contributed by atoms with Gasteiger partial charge in [-0.05, 0) is 12.1 Å². The summed E-state index contributed by atoms with van der Waals surface area (Å²) in [6.07, 6.45) is 0. The van der Waals surface area contributed by atoms with E-state index in [1.165, 1.54) is 0 Å². The van der Waals surface area contributed by atoms with Crippen LogP contribution in [-0.2, 0) is 0 Å². The van der Waals surface area contributed by atoms with Gasteiger partial charge in [-0.2, -0.15) is 0 Å². The van der Waals surface area contributed by atoms with E-state index >= 15 is 0 Å². The summed E-state index contributed by atoms with van der Waals surface area (Å²) in [5, 5.41) is 18.4. The number of rotatable bonds is 5. The lowest BCUT2D eigenvalue weighted by Gasteiger charge is -2.31. The molecule has 0 saturated carbocycles. The average Bonchev–Trinajstić information content (AvgIpc) is 2.30. The van der Waals surface area contributed by atoms with E-state index in [9.17, 15) is 10.2 Å². The molecule has 0 aliphatic carbocycles. The largest absolute Gasteiger partial charge is 0.396 e. The summed E-state index contributed by atoms with van der Waals surface area (Å²) < 4.78 is 0. The quantitative estimate of drug-likeness (QED) is 0.763. The van der Waals surface area contributed by atoms with Crippen molar-refractivity contribution in [3.05, 3.63) is 30.3 Å². The number of benzene rings is 1. The van der Waals surface area contributed by atoms with Crippen LogP contribution in [0.1, 0.15) is 6.92 Å². The van der Waals surface area contributed by atoms with Crippen molar-refractivity contribution in [3.63, 3.8) is 0 Å². The Morgan fingerprint density at radius 1 is 1.13 bits per heavy atom. The SMILES string of the molecule is CN(CC(C)(CO)CO)c1ccccc1. The Hall–Kier alpha value is -1.06. The molecule has 2 N–H and O–H groups in total. The molecule has 0 spiro atoms. The Kier molecular flexibility index (Phi) is 4.12. The van der Waals surface area contributed by atoms with Gasteiger partial charge in [0.2, 0.25) is 0 Å². The van der Waals surface area contributed by atoms with Crippen molar-refractivity contribution in [1.29, 1.82) is 0 Å². The first-order valence-corrected chi connectivity index (χ1v) is 5.09. The number of para-hydroxylation sites is 1. The Morgan fingerprint density at radius 3 is 2.13 bits per heavy atom. The van der Waals surface area contributed by atoms with Crippen LogP contribution >= 0.6 is 0 Å². The summed E-state index contributed by atoms with van der Waals surface area (Å²) in [6.45, 7) is 2.47. The smallest absolute Gasteiger partial charge is 0.0523 e. The lowest BCUT2D eigenvalue weighted by Crippen LogP contribution is -2.39. The van der Waals surface area contributed by atoms with Gasteiger partial charge >= 0.3 is 0 Å². The van der Waals surface area contributed by atoms with Crippen molar-refractivity contribution in [2.45, 2.75) is 6.92 Å². The highest BCUT2D eigenvalue weighted by atomic mass is 16.3. The maximum Gasteiger partial charge on any atom is 0.0523 e. The van der Waals surface area contributed by atoms with Crippen molar-refractivity contribution in [1.82, 2.24) is 0 Å². The zero-order valence-electron chi connectivity index (χ0n) is 9.35. The molecule has 0 bridgehead atoms. The molecular weight excluding hydrogens is 190 g/mol. The summed E-state index contributed by atoms with van der Waals surface area (Å²) in [4.78, 5) is 2.03. The number of hydrogen-bond acceptors (Lipinski definition) is 3. The normalized spacial score (nSPS) is 11.5. The molecule has 3 heteroatoms. The van der Waals surface area contributed by atoms with Gasteiger partial charge in [0.15, 0.2) is 0 Å². The first kappa shape index (κ1) is 12.0. The lowest BCUT2D eigenvalue weighted by molar-refractivity contribution is 0.0763. The highest BCUT2D eigenvalue weighted by Crippen LogP contribution is 2.20. The first-order valence-electron chi connectivity index (χ1n) is 5.09. The summed E-state index contributed by atoms with van der Waals surface area (Å²) in [7, 11) is 1.96. The Bertz CT molecular complexity index is 283. The van der Waals surface area contributed by atoms with Crippen LogP contribution in [0.15, 0.2) is 30.3 Å². The molecule has 0 unspecified atom stereocenters. The molecule has 0 fully saturated rings. The monoisotopic (exact) mass is 209 g/mol. The van der Waals surface area contributed by atoms with Gasteiger partial charge in [0, 0.05) is 24.7 Å². The van der Waals surface area contributed by atoms with E-state index in [4.69, 9.17) is 0 Å². The van der Waals surface area contributed by atoms with Gasteiger partial charge in [-0.15, -0.1) is 0 Å². The minimum Gasteiger partial charge on any atom is -0.396 e. The minimum absolute atomic E-state index is 0.0132. The number of anilines is 1. The molecule has 0 saturated heterocycles. The predicted octanol–water partition coefficient (Wildman–Crippen LogP) is 1.11. The Morgan fingerprint density at radius 2 is 1.67 bits per heavy atom. The second kappa shape index (κ2) is 5.14. The Balaban J connectivity index is 2.67. The fraction of sp³-hybridized carbons (Fsp3) is 0.500. The maximum atomic E-state index is 9.19. The van der Waals surface area contributed by atoms with E-state index < -0.39 is 5.41 Å². The van der Waals surface area contributed by atoms with Crippen LogP contribution in [-0.4, -0.2) is 37.0 Å². The average molecular weight is 209 g/mol. The highest BCUT2D eigenvalue weighted by Gasteiger charge is 2.24. The number of aliphatic hydroxyl groups is 2. The van der Waals surface area contributed by atoms with E-state index in [2.05, 4.69) is 0 Å². The zero-order chi connectivity index (χ0) is 11.3. The molecule has 0 radical (unpaired) electrons. The second-order valence-corrected chi connectivity index (χ2v) is 4.32. The molecular formula is C12H19NO2. The third-order valence-electron chi connectivity index (χ3n) is 2.58. The molecule has 3 nitrogen and oxygen atoms in total. The van der Waals surface area contributed by atoms with Crippen LogP contribution in [0.3, 0.4) is 0 Å². The van der Waals surface area contributed by atoms with Crippen LogP contribution in [0.4, 0.5) is 5.69 Å².